The fourth-order valence-corrected chi connectivity index (χ4v) is 4.24. The normalized spacial score (nSPS) is 19.5. The zero-order valence-electron chi connectivity index (χ0n) is 17.9. The largest absolute Gasteiger partial charge is 0.338 e. The van der Waals surface area contributed by atoms with Crippen molar-refractivity contribution in [1.82, 2.24) is 14.7 Å². The lowest BCUT2D eigenvalue weighted by molar-refractivity contribution is -0.136. The molecular weight excluding hydrogens is 390 g/mol. The predicted octanol–water partition coefficient (Wildman–Crippen LogP) is 3.54. The maximum absolute atomic E-state index is 13.8. The molecule has 2 heterocycles. The number of nitrogens with zero attached hydrogens (tertiary/aromatic N) is 3. The van der Waals surface area contributed by atoms with Gasteiger partial charge in [-0.1, -0.05) is 13.8 Å². The number of hydrogen-bond acceptors (Lipinski definition) is 3. The molecule has 2 saturated heterocycles. The molecule has 0 spiro atoms. The van der Waals surface area contributed by atoms with E-state index in [-0.39, 0.29) is 23.6 Å². The summed E-state index contributed by atoms with van der Waals surface area (Å²) in [6, 6.07) is 2.43. The van der Waals surface area contributed by atoms with E-state index in [1.165, 1.54) is 12.8 Å². The molecule has 0 bridgehead atoms. The highest BCUT2D eigenvalue weighted by molar-refractivity contribution is 5.89. The summed E-state index contributed by atoms with van der Waals surface area (Å²) >= 11 is 0. The molecule has 0 radical (unpaired) electrons. The summed E-state index contributed by atoms with van der Waals surface area (Å²) in [4.78, 5) is 31.3. The van der Waals surface area contributed by atoms with Crippen LogP contribution in [0.3, 0.4) is 0 Å². The lowest BCUT2D eigenvalue weighted by Gasteiger charge is -2.31. The van der Waals surface area contributed by atoms with Crippen LogP contribution < -0.4 is 5.32 Å². The van der Waals surface area contributed by atoms with Crippen molar-refractivity contribution < 1.29 is 18.4 Å². The van der Waals surface area contributed by atoms with Gasteiger partial charge in [0.05, 0.1) is 11.7 Å². The Labute approximate surface area is 177 Å². The van der Waals surface area contributed by atoms with Crippen molar-refractivity contribution in [3.63, 3.8) is 0 Å². The third-order valence-electron chi connectivity index (χ3n) is 5.91. The van der Waals surface area contributed by atoms with Gasteiger partial charge in [-0.2, -0.15) is 0 Å². The van der Waals surface area contributed by atoms with E-state index >= 15 is 0 Å². The number of rotatable bonds is 7. The molecule has 2 aliphatic rings. The number of halogens is 2. The number of carbonyl (C=O) groups excluding carboxylic acids is 2. The lowest BCUT2D eigenvalue weighted by Crippen LogP contribution is -2.46. The Morgan fingerprint density at radius 3 is 2.63 bits per heavy atom. The quantitative estimate of drug-likeness (QED) is 0.731. The van der Waals surface area contributed by atoms with Crippen LogP contribution in [0.15, 0.2) is 18.2 Å². The number of hydrogen-bond donors (Lipinski definition) is 1. The van der Waals surface area contributed by atoms with E-state index in [1.807, 2.05) is 18.7 Å². The molecule has 1 aromatic rings. The molecule has 8 heteroatoms. The Hall–Kier alpha value is -2.22. The van der Waals surface area contributed by atoms with Gasteiger partial charge < -0.3 is 20.0 Å². The van der Waals surface area contributed by atoms with Crippen molar-refractivity contribution in [3.05, 3.63) is 29.8 Å². The maximum atomic E-state index is 13.8. The molecule has 1 atom stereocenters. The Morgan fingerprint density at radius 1 is 1.20 bits per heavy atom. The van der Waals surface area contributed by atoms with Crippen LogP contribution in [0.5, 0.6) is 0 Å². The zero-order valence-corrected chi connectivity index (χ0v) is 17.9. The number of nitrogens with one attached hydrogen (secondary N) is 1. The summed E-state index contributed by atoms with van der Waals surface area (Å²) in [6.07, 6.45) is 4.08. The number of carbonyl (C=O) groups is 2. The van der Waals surface area contributed by atoms with E-state index < -0.39 is 17.7 Å². The van der Waals surface area contributed by atoms with Gasteiger partial charge in [-0.25, -0.2) is 13.6 Å². The van der Waals surface area contributed by atoms with Gasteiger partial charge in [0.1, 0.15) is 11.6 Å². The molecule has 166 valence electrons. The van der Waals surface area contributed by atoms with Crippen LogP contribution in [-0.4, -0.2) is 71.9 Å². The molecule has 0 saturated carbocycles. The van der Waals surface area contributed by atoms with Gasteiger partial charge in [-0.3, -0.25) is 4.79 Å². The molecule has 30 heavy (non-hydrogen) atoms. The second-order valence-electron chi connectivity index (χ2n) is 8.53. The number of amides is 3. The molecule has 3 amide bonds. The molecule has 1 N–H and O–H groups in total. The fraction of sp³-hybridized carbons (Fsp3) is 0.636. The fourth-order valence-electron chi connectivity index (χ4n) is 4.24. The van der Waals surface area contributed by atoms with E-state index in [2.05, 4.69) is 10.2 Å². The third-order valence-corrected chi connectivity index (χ3v) is 5.91. The molecule has 0 aliphatic carbocycles. The third kappa shape index (κ3) is 5.68. The van der Waals surface area contributed by atoms with Crippen molar-refractivity contribution in [2.45, 2.75) is 45.6 Å². The summed E-state index contributed by atoms with van der Waals surface area (Å²) in [5.74, 6) is -1.31. The van der Waals surface area contributed by atoms with E-state index in [1.54, 1.807) is 4.90 Å². The number of urea groups is 1. The van der Waals surface area contributed by atoms with Crippen molar-refractivity contribution >= 4 is 17.6 Å². The first-order chi connectivity index (χ1) is 14.3. The van der Waals surface area contributed by atoms with Gasteiger partial charge in [0.2, 0.25) is 5.91 Å². The minimum absolute atomic E-state index is 0.0541. The van der Waals surface area contributed by atoms with Crippen molar-refractivity contribution in [2.75, 3.05) is 44.6 Å². The number of likely N-dealkylation sites (tertiary alicyclic amines) is 2. The van der Waals surface area contributed by atoms with Crippen molar-refractivity contribution in [3.8, 4) is 0 Å². The molecule has 1 unspecified atom stereocenters. The SMILES string of the molecule is CC(C)C(=O)N(CCCN1CCCC1)C1CCN(C(=O)Nc2cc(F)ccc2F)C1. The second kappa shape index (κ2) is 10.2. The summed E-state index contributed by atoms with van der Waals surface area (Å²) in [7, 11) is 0. The summed E-state index contributed by atoms with van der Waals surface area (Å²) < 4.78 is 27.2. The maximum Gasteiger partial charge on any atom is 0.321 e. The highest BCUT2D eigenvalue weighted by atomic mass is 19.1. The number of benzene rings is 1. The van der Waals surface area contributed by atoms with Crippen LogP contribution in [0.1, 0.15) is 39.5 Å². The molecule has 3 rings (SSSR count). The molecule has 2 aliphatic heterocycles. The molecule has 0 aromatic heterocycles. The van der Waals surface area contributed by atoms with Gasteiger partial charge in [0, 0.05) is 31.6 Å². The minimum Gasteiger partial charge on any atom is -0.338 e. The van der Waals surface area contributed by atoms with Gasteiger partial charge in [0.15, 0.2) is 0 Å². The first kappa shape index (κ1) is 22.5. The van der Waals surface area contributed by atoms with Crippen LogP contribution in [0.4, 0.5) is 19.3 Å². The molecule has 2 fully saturated rings. The predicted molar refractivity (Wildman–Crippen MR) is 112 cm³/mol. The second-order valence-corrected chi connectivity index (χ2v) is 8.53. The Morgan fingerprint density at radius 2 is 1.93 bits per heavy atom. The highest BCUT2D eigenvalue weighted by Crippen LogP contribution is 2.21. The van der Waals surface area contributed by atoms with E-state index in [9.17, 15) is 18.4 Å². The summed E-state index contributed by atoms with van der Waals surface area (Å²) in [6.45, 7) is 8.57. The minimum atomic E-state index is -0.681. The van der Waals surface area contributed by atoms with Gasteiger partial charge in [0.25, 0.3) is 0 Å². The number of anilines is 1. The van der Waals surface area contributed by atoms with E-state index in [0.29, 0.717) is 26.1 Å². The van der Waals surface area contributed by atoms with Crippen LogP contribution in [0.2, 0.25) is 0 Å². The van der Waals surface area contributed by atoms with Crippen LogP contribution in [-0.2, 0) is 4.79 Å². The van der Waals surface area contributed by atoms with Crippen LogP contribution in [0, 0.1) is 17.6 Å². The monoisotopic (exact) mass is 422 g/mol. The Kier molecular flexibility index (Phi) is 7.64. The zero-order chi connectivity index (χ0) is 21.7. The molecule has 1 aromatic carbocycles. The summed E-state index contributed by atoms with van der Waals surface area (Å²) in [5, 5.41) is 2.45. The first-order valence-electron chi connectivity index (χ1n) is 10.9. The van der Waals surface area contributed by atoms with Crippen molar-refractivity contribution in [1.29, 1.82) is 0 Å². The average molecular weight is 423 g/mol. The summed E-state index contributed by atoms with van der Waals surface area (Å²) in [5.41, 5.74) is -0.177. The van der Waals surface area contributed by atoms with Crippen molar-refractivity contribution in [2.24, 2.45) is 5.92 Å². The van der Waals surface area contributed by atoms with E-state index in [4.69, 9.17) is 0 Å². The van der Waals surface area contributed by atoms with Crippen LogP contribution >= 0.6 is 0 Å². The van der Waals surface area contributed by atoms with Gasteiger partial charge in [-0.05, 0) is 57.5 Å². The first-order valence-corrected chi connectivity index (χ1v) is 10.9. The smallest absolute Gasteiger partial charge is 0.321 e. The Balaban J connectivity index is 1.57. The van der Waals surface area contributed by atoms with E-state index in [0.717, 1.165) is 44.3 Å². The van der Waals surface area contributed by atoms with Gasteiger partial charge in [-0.15, -0.1) is 0 Å². The van der Waals surface area contributed by atoms with Gasteiger partial charge >= 0.3 is 6.03 Å². The topological polar surface area (TPSA) is 55.9 Å². The molecular formula is C22H32F2N4O2. The lowest BCUT2D eigenvalue weighted by atomic mass is 10.1. The van der Waals surface area contributed by atoms with Crippen LogP contribution in [0.25, 0.3) is 0 Å². The molecule has 6 nitrogen and oxygen atoms in total. The average Bonchev–Trinajstić information content (AvgIpc) is 3.39. The Bertz CT molecular complexity index is 753. The standard InChI is InChI=1S/C22H32F2N4O2/c1-16(2)21(29)28(12-5-11-26-9-3-4-10-26)18-8-13-27(15-18)22(30)25-20-14-17(23)6-7-19(20)24/h6-7,14,16,18H,3-5,8-13,15H2,1-2H3,(H,25,30). The highest BCUT2D eigenvalue weighted by Gasteiger charge is 2.33.